The zero-order valence-corrected chi connectivity index (χ0v) is 10.9. The first-order valence-electron chi connectivity index (χ1n) is 5.83. The van der Waals surface area contributed by atoms with Crippen molar-refractivity contribution in [3.8, 4) is 5.75 Å². The second-order valence-electron chi connectivity index (χ2n) is 4.76. The highest BCUT2D eigenvalue weighted by atomic mass is 19.1. The highest BCUT2D eigenvalue weighted by Gasteiger charge is 2.18. The number of carbonyl (C=O) groups excluding carboxylic acids is 1. The average Bonchev–Trinajstić information content (AvgIpc) is 2.30. The van der Waals surface area contributed by atoms with Crippen molar-refractivity contribution >= 4 is 11.6 Å². The monoisotopic (exact) mass is 254 g/mol. The summed E-state index contributed by atoms with van der Waals surface area (Å²) in [6, 6.07) is 3.80. The van der Waals surface area contributed by atoms with Gasteiger partial charge in [-0.25, -0.2) is 4.39 Å². The van der Waals surface area contributed by atoms with E-state index < -0.39 is 5.82 Å². The summed E-state index contributed by atoms with van der Waals surface area (Å²) in [4.78, 5) is 11.6. The summed E-state index contributed by atoms with van der Waals surface area (Å²) in [7, 11) is 0. The lowest BCUT2D eigenvalue weighted by Crippen LogP contribution is -2.44. The molecule has 3 N–H and O–H groups in total. The molecule has 0 aromatic heterocycles. The van der Waals surface area contributed by atoms with E-state index in [2.05, 4.69) is 5.32 Å². The van der Waals surface area contributed by atoms with Gasteiger partial charge in [0.25, 0.3) is 5.91 Å². The van der Waals surface area contributed by atoms with Crippen molar-refractivity contribution in [3.05, 3.63) is 24.0 Å². The lowest BCUT2D eigenvalue weighted by atomic mass is 10.0. The van der Waals surface area contributed by atoms with Gasteiger partial charge in [0.1, 0.15) is 11.6 Å². The summed E-state index contributed by atoms with van der Waals surface area (Å²) in [5, 5.41) is 2.81. The molecule has 0 fully saturated rings. The van der Waals surface area contributed by atoms with Gasteiger partial charge in [-0.15, -0.1) is 0 Å². The number of anilines is 1. The first-order valence-corrected chi connectivity index (χ1v) is 5.83. The van der Waals surface area contributed by atoms with E-state index >= 15 is 0 Å². The van der Waals surface area contributed by atoms with Crippen molar-refractivity contribution in [1.29, 1.82) is 0 Å². The van der Waals surface area contributed by atoms with E-state index in [1.54, 1.807) is 0 Å². The maximum absolute atomic E-state index is 13.0. The van der Waals surface area contributed by atoms with E-state index in [0.29, 0.717) is 5.69 Å². The Kier molecular flexibility index (Phi) is 4.53. The molecule has 0 aliphatic carbocycles. The number of amides is 1. The first kappa shape index (κ1) is 14.3. The number of ether oxygens (including phenoxy) is 1. The Balaban J connectivity index is 2.55. The van der Waals surface area contributed by atoms with Crippen molar-refractivity contribution in [2.75, 3.05) is 12.3 Å². The molecule has 0 bridgehead atoms. The van der Waals surface area contributed by atoms with E-state index in [-0.39, 0.29) is 23.8 Å². The van der Waals surface area contributed by atoms with Crippen LogP contribution >= 0.6 is 0 Å². The summed E-state index contributed by atoms with van der Waals surface area (Å²) < 4.78 is 18.2. The minimum absolute atomic E-state index is 0.180. The Hall–Kier alpha value is -1.78. The van der Waals surface area contributed by atoms with Crippen LogP contribution in [0.1, 0.15) is 27.2 Å². The van der Waals surface area contributed by atoms with Crippen molar-refractivity contribution in [3.63, 3.8) is 0 Å². The minimum Gasteiger partial charge on any atom is -0.482 e. The number of nitrogens with one attached hydrogen (secondary N) is 1. The number of benzene rings is 1. The van der Waals surface area contributed by atoms with Gasteiger partial charge in [0.05, 0.1) is 5.69 Å². The number of halogens is 1. The number of carbonyl (C=O) groups is 1. The van der Waals surface area contributed by atoms with Crippen LogP contribution in [0.25, 0.3) is 0 Å². The molecule has 0 unspecified atom stereocenters. The zero-order valence-electron chi connectivity index (χ0n) is 10.9. The van der Waals surface area contributed by atoms with Crippen LogP contribution in [0.3, 0.4) is 0 Å². The molecule has 1 aromatic carbocycles. The fraction of sp³-hybridized carbons (Fsp3) is 0.462. The first-order chi connectivity index (χ1) is 8.34. The quantitative estimate of drug-likeness (QED) is 0.791. The third-order valence-electron chi connectivity index (χ3n) is 2.70. The van der Waals surface area contributed by atoms with E-state index in [1.807, 2.05) is 20.8 Å². The Morgan fingerprint density at radius 1 is 1.50 bits per heavy atom. The smallest absolute Gasteiger partial charge is 0.258 e. The molecular formula is C13H19FN2O2. The van der Waals surface area contributed by atoms with Gasteiger partial charge in [0.2, 0.25) is 0 Å². The van der Waals surface area contributed by atoms with Gasteiger partial charge in [0, 0.05) is 11.6 Å². The molecule has 0 saturated carbocycles. The Bertz CT molecular complexity index is 433. The van der Waals surface area contributed by atoms with Crippen LogP contribution in [0.5, 0.6) is 5.75 Å². The molecule has 1 rings (SSSR count). The topological polar surface area (TPSA) is 64.3 Å². The molecule has 0 heterocycles. The van der Waals surface area contributed by atoms with Gasteiger partial charge in [-0.05, 0) is 32.4 Å². The van der Waals surface area contributed by atoms with Crippen LogP contribution in [-0.4, -0.2) is 18.1 Å². The third kappa shape index (κ3) is 4.24. The maximum atomic E-state index is 13.0. The lowest BCUT2D eigenvalue weighted by Gasteiger charge is -2.24. The summed E-state index contributed by atoms with van der Waals surface area (Å²) in [6.45, 7) is 5.63. The number of hydrogen-bond donors (Lipinski definition) is 2. The van der Waals surface area contributed by atoms with Gasteiger partial charge >= 0.3 is 0 Å². The molecule has 1 aromatic rings. The minimum atomic E-state index is -0.450. The second-order valence-corrected chi connectivity index (χ2v) is 4.76. The van der Waals surface area contributed by atoms with Gasteiger partial charge in [-0.1, -0.05) is 6.92 Å². The van der Waals surface area contributed by atoms with E-state index in [9.17, 15) is 9.18 Å². The normalized spacial score (nSPS) is 11.1. The summed E-state index contributed by atoms with van der Waals surface area (Å²) in [5.41, 5.74) is 5.63. The molecule has 0 aliphatic heterocycles. The fourth-order valence-electron chi connectivity index (χ4n) is 1.28. The molecule has 0 saturated heterocycles. The molecule has 0 radical (unpaired) electrons. The standard InChI is InChI=1S/C13H19FN2O2/c1-4-13(2,3)16-12(17)8-18-11-7-9(14)5-6-10(11)15/h5-7H,4,8,15H2,1-3H3,(H,16,17). The fourth-order valence-corrected chi connectivity index (χ4v) is 1.28. The van der Waals surface area contributed by atoms with Crippen molar-refractivity contribution < 1.29 is 13.9 Å². The number of hydrogen-bond acceptors (Lipinski definition) is 3. The van der Waals surface area contributed by atoms with Crippen molar-refractivity contribution in [2.24, 2.45) is 0 Å². The predicted molar refractivity (Wildman–Crippen MR) is 68.8 cm³/mol. The average molecular weight is 254 g/mol. The maximum Gasteiger partial charge on any atom is 0.258 e. The molecule has 0 atom stereocenters. The van der Waals surface area contributed by atoms with Crippen LogP contribution in [0.15, 0.2) is 18.2 Å². The van der Waals surface area contributed by atoms with Crippen LogP contribution in [0, 0.1) is 5.82 Å². The lowest BCUT2D eigenvalue weighted by molar-refractivity contribution is -0.124. The molecule has 0 aliphatic rings. The number of nitrogen functional groups attached to an aromatic ring is 1. The molecule has 0 spiro atoms. The van der Waals surface area contributed by atoms with Crippen molar-refractivity contribution in [2.45, 2.75) is 32.7 Å². The zero-order chi connectivity index (χ0) is 13.8. The number of nitrogens with two attached hydrogens (primary N) is 1. The Morgan fingerprint density at radius 2 is 2.17 bits per heavy atom. The largest absolute Gasteiger partial charge is 0.482 e. The van der Waals surface area contributed by atoms with Gasteiger partial charge in [0.15, 0.2) is 6.61 Å². The van der Waals surface area contributed by atoms with Crippen LogP contribution < -0.4 is 15.8 Å². The summed E-state index contributed by atoms with van der Waals surface area (Å²) in [6.07, 6.45) is 0.806. The van der Waals surface area contributed by atoms with Crippen LogP contribution in [-0.2, 0) is 4.79 Å². The molecule has 100 valence electrons. The third-order valence-corrected chi connectivity index (χ3v) is 2.70. The predicted octanol–water partition coefficient (Wildman–Crippen LogP) is 2.09. The van der Waals surface area contributed by atoms with Gasteiger partial charge < -0.3 is 15.8 Å². The highest BCUT2D eigenvalue weighted by Crippen LogP contribution is 2.21. The summed E-state index contributed by atoms with van der Waals surface area (Å²) in [5.74, 6) is -0.529. The second kappa shape index (κ2) is 5.71. The van der Waals surface area contributed by atoms with Crippen LogP contribution in [0.2, 0.25) is 0 Å². The van der Waals surface area contributed by atoms with E-state index in [4.69, 9.17) is 10.5 Å². The molecule has 1 amide bonds. The SMILES string of the molecule is CCC(C)(C)NC(=O)COc1cc(F)ccc1N. The van der Waals surface area contributed by atoms with Gasteiger partial charge in [-0.3, -0.25) is 4.79 Å². The Morgan fingerprint density at radius 3 is 2.78 bits per heavy atom. The van der Waals surface area contributed by atoms with Gasteiger partial charge in [-0.2, -0.15) is 0 Å². The van der Waals surface area contributed by atoms with Crippen molar-refractivity contribution in [1.82, 2.24) is 5.32 Å². The van der Waals surface area contributed by atoms with Crippen LogP contribution in [0.4, 0.5) is 10.1 Å². The molecule has 18 heavy (non-hydrogen) atoms. The highest BCUT2D eigenvalue weighted by molar-refractivity contribution is 5.78. The molecular weight excluding hydrogens is 235 g/mol. The van der Waals surface area contributed by atoms with E-state index in [0.717, 1.165) is 12.5 Å². The molecule has 5 heteroatoms. The summed E-state index contributed by atoms with van der Waals surface area (Å²) >= 11 is 0. The molecule has 4 nitrogen and oxygen atoms in total. The number of rotatable bonds is 5. The van der Waals surface area contributed by atoms with E-state index in [1.165, 1.54) is 12.1 Å². The Labute approximate surface area is 106 Å².